The number of hydrogen-bond donors (Lipinski definition) is 1. The molecule has 0 saturated carbocycles. The number of nitrogens with two attached hydrogens (primary N) is 1. The first-order chi connectivity index (χ1) is 16.2. The van der Waals surface area contributed by atoms with Crippen LogP contribution in [0.1, 0.15) is 52.2 Å². The third-order valence-corrected chi connectivity index (χ3v) is 6.39. The number of aromatic nitrogens is 2. The van der Waals surface area contributed by atoms with Crippen LogP contribution in [0.25, 0.3) is 10.9 Å². The van der Waals surface area contributed by atoms with E-state index >= 15 is 0 Å². The van der Waals surface area contributed by atoms with Crippen molar-refractivity contribution in [2.75, 3.05) is 18.9 Å². The second kappa shape index (κ2) is 8.52. The topological polar surface area (TPSA) is 90.6 Å². The van der Waals surface area contributed by atoms with E-state index in [2.05, 4.69) is 9.97 Å². The number of carbonyl (C=O) groups excluding carboxylic acids is 1. The van der Waals surface area contributed by atoms with Crippen molar-refractivity contribution in [1.29, 1.82) is 0 Å². The Labute approximate surface area is 193 Å². The number of hydrogen-bond acceptors (Lipinski definition) is 6. The first-order valence-corrected chi connectivity index (χ1v) is 11.0. The molecule has 4 heterocycles. The molecule has 1 amide bonds. The average molecular weight is 472 g/mol. The highest BCUT2D eigenvalue weighted by Crippen LogP contribution is 2.38. The van der Waals surface area contributed by atoms with Crippen molar-refractivity contribution in [2.24, 2.45) is 0 Å². The number of fused-ring (bicyclic) bond motifs is 3. The molecule has 1 aromatic carbocycles. The number of nitrogen functional groups attached to an aromatic ring is 1. The van der Waals surface area contributed by atoms with Gasteiger partial charge in [0.05, 0.1) is 48.7 Å². The Morgan fingerprint density at radius 3 is 2.76 bits per heavy atom. The molecule has 2 aromatic heterocycles. The molecule has 0 aliphatic carbocycles. The number of amides is 1. The van der Waals surface area contributed by atoms with E-state index in [1.165, 1.54) is 6.07 Å². The van der Waals surface area contributed by atoms with Crippen LogP contribution in [0.5, 0.6) is 0 Å². The largest absolute Gasteiger partial charge is 0.417 e. The first kappa shape index (κ1) is 22.5. The predicted molar refractivity (Wildman–Crippen MR) is 118 cm³/mol. The van der Waals surface area contributed by atoms with Gasteiger partial charge in [0.15, 0.2) is 0 Å². The van der Waals surface area contributed by atoms with Gasteiger partial charge in [0.2, 0.25) is 0 Å². The third kappa shape index (κ3) is 4.07. The number of halogens is 3. The number of benzene rings is 1. The van der Waals surface area contributed by atoms with Crippen molar-refractivity contribution in [1.82, 2.24) is 14.9 Å². The molecule has 1 fully saturated rings. The van der Waals surface area contributed by atoms with Gasteiger partial charge in [0.1, 0.15) is 5.82 Å². The predicted octanol–water partition coefficient (Wildman–Crippen LogP) is 4.25. The third-order valence-electron chi connectivity index (χ3n) is 6.39. The quantitative estimate of drug-likeness (QED) is 0.611. The maximum Gasteiger partial charge on any atom is 0.417 e. The molecule has 0 spiro atoms. The summed E-state index contributed by atoms with van der Waals surface area (Å²) in [5.41, 5.74) is 8.54. The van der Waals surface area contributed by atoms with Crippen LogP contribution in [0, 0.1) is 0 Å². The van der Waals surface area contributed by atoms with Gasteiger partial charge in [-0.15, -0.1) is 0 Å². The second-order valence-electron chi connectivity index (χ2n) is 8.56. The zero-order valence-electron chi connectivity index (χ0n) is 18.4. The van der Waals surface area contributed by atoms with Gasteiger partial charge in [-0.25, -0.2) is 4.98 Å². The van der Waals surface area contributed by atoms with Crippen LogP contribution in [-0.4, -0.2) is 40.0 Å². The average Bonchev–Trinajstić information content (AvgIpc) is 3.47. The summed E-state index contributed by atoms with van der Waals surface area (Å²) in [5, 5.41) is 0.801. The summed E-state index contributed by atoms with van der Waals surface area (Å²) in [4.78, 5) is 23.7. The molecule has 34 heavy (non-hydrogen) atoms. The monoisotopic (exact) mass is 472 g/mol. The van der Waals surface area contributed by atoms with Crippen LogP contribution in [0.2, 0.25) is 0 Å². The second-order valence-corrected chi connectivity index (χ2v) is 8.56. The molecule has 5 rings (SSSR count). The normalized spacial score (nSPS) is 20.0. The summed E-state index contributed by atoms with van der Waals surface area (Å²) in [6.07, 6.45) is -3.22. The number of carbonyl (C=O) groups is 1. The van der Waals surface area contributed by atoms with Crippen molar-refractivity contribution in [3.05, 3.63) is 64.5 Å². The lowest BCUT2D eigenvalue weighted by Crippen LogP contribution is -2.40. The summed E-state index contributed by atoms with van der Waals surface area (Å²) < 4.78 is 49.9. The summed E-state index contributed by atoms with van der Waals surface area (Å²) in [5.74, 6) is 0.168. The molecule has 10 heteroatoms. The molecule has 2 N–H and O–H groups in total. The van der Waals surface area contributed by atoms with Crippen LogP contribution in [0.4, 0.5) is 19.0 Å². The van der Waals surface area contributed by atoms with Crippen LogP contribution in [0.3, 0.4) is 0 Å². The summed E-state index contributed by atoms with van der Waals surface area (Å²) in [6.45, 7) is 3.23. The maximum atomic E-state index is 13.6. The molecular weight excluding hydrogens is 449 g/mol. The Hall–Kier alpha value is -3.24. The Morgan fingerprint density at radius 1 is 1.26 bits per heavy atom. The number of pyridine rings is 2. The Kier molecular flexibility index (Phi) is 5.65. The highest BCUT2D eigenvalue weighted by molar-refractivity contribution is 5.99. The van der Waals surface area contributed by atoms with E-state index in [4.69, 9.17) is 15.2 Å². The summed E-state index contributed by atoms with van der Waals surface area (Å²) in [7, 11) is 0. The van der Waals surface area contributed by atoms with Crippen molar-refractivity contribution in [2.45, 2.75) is 44.8 Å². The summed E-state index contributed by atoms with van der Waals surface area (Å²) in [6, 6.07) is 7.30. The van der Waals surface area contributed by atoms with E-state index in [1.54, 1.807) is 23.1 Å². The van der Waals surface area contributed by atoms with E-state index in [0.717, 1.165) is 28.8 Å². The van der Waals surface area contributed by atoms with Crippen molar-refractivity contribution in [3.63, 3.8) is 0 Å². The molecule has 0 unspecified atom stereocenters. The SMILES string of the molecule is C[C@@H]1OCc2c1c(N)nc1ccc(C(=O)N(Cc3ccc(C(F)(F)F)cn3)[C@@H]3CCOC3)cc21. The Bertz CT molecular complexity index is 1240. The minimum Gasteiger partial charge on any atom is -0.383 e. The molecule has 1 saturated heterocycles. The van der Waals surface area contributed by atoms with Gasteiger partial charge in [-0.05, 0) is 49.2 Å². The standard InChI is InChI=1S/C24H23F3N4O3/c1-13-21-19(12-34-13)18-8-14(2-5-20(18)30-22(21)28)23(32)31(17-6-7-33-11-17)10-16-4-3-15(9-29-16)24(25,26)27/h2-5,8-9,13,17H,6-7,10-12H2,1H3,(H2,28,30)/t13-,17+/m0/s1. The molecular formula is C24H23F3N4O3. The molecule has 2 aliphatic heterocycles. The fraction of sp³-hybridized carbons (Fsp3) is 0.375. The lowest BCUT2D eigenvalue weighted by molar-refractivity contribution is -0.137. The first-order valence-electron chi connectivity index (χ1n) is 11.0. The van der Waals surface area contributed by atoms with Gasteiger partial charge in [-0.1, -0.05) is 0 Å². The number of anilines is 1. The Morgan fingerprint density at radius 2 is 2.09 bits per heavy atom. The van der Waals surface area contributed by atoms with Gasteiger partial charge in [0, 0.05) is 29.3 Å². The van der Waals surface area contributed by atoms with Gasteiger partial charge >= 0.3 is 6.18 Å². The van der Waals surface area contributed by atoms with Gasteiger partial charge < -0.3 is 20.1 Å². The number of nitrogens with zero attached hydrogens (tertiary/aromatic N) is 3. The van der Waals surface area contributed by atoms with Crippen LogP contribution >= 0.6 is 0 Å². The minimum atomic E-state index is -4.47. The fourth-order valence-electron chi connectivity index (χ4n) is 4.56. The van der Waals surface area contributed by atoms with E-state index in [-0.39, 0.29) is 24.6 Å². The lowest BCUT2D eigenvalue weighted by Gasteiger charge is -2.28. The van der Waals surface area contributed by atoms with Gasteiger partial charge in [0.25, 0.3) is 5.91 Å². The fourth-order valence-corrected chi connectivity index (χ4v) is 4.56. The maximum absolute atomic E-state index is 13.6. The molecule has 2 atom stereocenters. The summed E-state index contributed by atoms with van der Waals surface area (Å²) >= 11 is 0. The smallest absolute Gasteiger partial charge is 0.383 e. The van der Waals surface area contributed by atoms with Gasteiger partial charge in [-0.2, -0.15) is 13.2 Å². The van der Waals surface area contributed by atoms with E-state index in [1.807, 2.05) is 6.92 Å². The molecule has 178 valence electrons. The highest BCUT2D eigenvalue weighted by Gasteiger charge is 2.32. The number of alkyl halides is 3. The van der Waals surface area contributed by atoms with E-state index in [0.29, 0.717) is 48.8 Å². The lowest BCUT2D eigenvalue weighted by atomic mass is 9.99. The molecule has 7 nitrogen and oxygen atoms in total. The molecule has 0 radical (unpaired) electrons. The highest BCUT2D eigenvalue weighted by atomic mass is 19.4. The van der Waals surface area contributed by atoms with Crippen molar-refractivity contribution < 1.29 is 27.4 Å². The molecule has 3 aromatic rings. The minimum absolute atomic E-state index is 0.0707. The molecule has 2 aliphatic rings. The van der Waals surface area contributed by atoms with Crippen molar-refractivity contribution >= 4 is 22.6 Å². The van der Waals surface area contributed by atoms with Crippen LogP contribution in [-0.2, 0) is 28.8 Å². The van der Waals surface area contributed by atoms with E-state index < -0.39 is 11.7 Å². The zero-order valence-corrected chi connectivity index (χ0v) is 18.4. The molecule has 0 bridgehead atoms. The number of rotatable bonds is 4. The van der Waals surface area contributed by atoms with Crippen molar-refractivity contribution in [3.8, 4) is 0 Å². The number of ether oxygens (including phenoxy) is 2. The van der Waals surface area contributed by atoms with E-state index in [9.17, 15) is 18.0 Å². The van der Waals surface area contributed by atoms with Crippen LogP contribution < -0.4 is 5.73 Å². The van der Waals surface area contributed by atoms with Crippen LogP contribution in [0.15, 0.2) is 36.5 Å². The van der Waals surface area contributed by atoms with Gasteiger partial charge in [-0.3, -0.25) is 9.78 Å². The Balaban J connectivity index is 1.48. The zero-order chi connectivity index (χ0) is 24.0.